The Labute approximate surface area is 74.4 Å². The highest BCUT2D eigenvalue weighted by Gasteiger charge is 2.29. The van der Waals surface area contributed by atoms with Gasteiger partial charge in [-0.2, -0.15) is 0 Å². The van der Waals surface area contributed by atoms with Crippen LogP contribution in [0.3, 0.4) is 0 Å². The predicted molar refractivity (Wildman–Crippen MR) is 48.8 cm³/mol. The summed E-state index contributed by atoms with van der Waals surface area (Å²) in [6.45, 7) is 9.45. The zero-order valence-electron chi connectivity index (χ0n) is 8.59. The van der Waals surface area contributed by atoms with Gasteiger partial charge in [-0.25, -0.2) is 0 Å². The molecule has 0 spiro atoms. The first-order valence-corrected chi connectivity index (χ1v) is 4.34. The number of likely N-dealkylation sites (N-methyl/N-ethyl adjacent to an activating group) is 1. The quantitative estimate of drug-likeness (QED) is 0.692. The molecule has 0 fully saturated rings. The van der Waals surface area contributed by atoms with E-state index in [2.05, 4.69) is 0 Å². The highest BCUT2D eigenvalue weighted by Crippen LogP contribution is 2.09. The van der Waals surface area contributed by atoms with Crippen molar-refractivity contribution in [3.8, 4) is 0 Å². The van der Waals surface area contributed by atoms with Crippen molar-refractivity contribution in [3.05, 3.63) is 0 Å². The molecule has 0 aliphatic heterocycles. The van der Waals surface area contributed by atoms with E-state index in [9.17, 15) is 9.90 Å². The Balaban J connectivity index is 4.44. The molecule has 0 aromatic carbocycles. The monoisotopic (exact) mass is 173 g/mol. The summed E-state index contributed by atoms with van der Waals surface area (Å²) in [5.74, 6) is -0.208. The number of carbonyl (C=O) groups is 1. The van der Waals surface area contributed by atoms with E-state index >= 15 is 0 Å². The number of amides is 1. The molecule has 0 aromatic heterocycles. The second kappa shape index (κ2) is 3.90. The molecule has 0 aliphatic carbocycles. The summed E-state index contributed by atoms with van der Waals surface area (Å²) in [4.78, 5) is 13.2. The van der Waals surface area contributed by atoms with Crippen LogP contribution in [0.25, 0.3) is 0 Å². The Hall–Kier alpha value is -0.570. The molecule has 0 unspecified atom stereocenters. The maximum atomic E-state index is 11.5. The fourth-order valence-corrected chi connectivity index (χ4v) is 1.09. The molecule has 0 atom stereocenters. The van der Waals surface area contributed by atoms with Gasteiger partial charge in [0.1, 0.15) is 5.60 Å². The number of rotatable bonds is 3. The summed E-state index contributed by atoms with van der Waals surface area (Å²) in [7, 11) is 0. The third-order valence-electron chi connectivity index (χ3n) is 1.75. The van der Waals surface area contributed by atoms with Crippen LogP contribution in [0.1, 0.15) is 34.6 Å². The van der Waals surface area contributed by atoms with Crippen molar-refractivity contribution in [2.75, 3.05) is 6.54 Å². The number of hydrogen-bond donors (Lipinski definition) is 1. The molecule has 0 bridgehead atoms. The number of hydrogen-bond acceptors (Lipinski definition) is 2. The van der Waals surface area contributed by atoms with Gasteiger partial charge in [0.25, 0.3) is 5.91 Å². The molecule has 0 heterocycles. The van der Waals surface area contributed by atoms with Crippen molar-refractivity contribution in [2.24, 2.45) is 0 Å². The smallest absolute Gasteiger partial charge is 0.254 e. The second-order valence-corrected chi connectivity index (χ2v) is 3.74. The van der Waals surface area contributed by atoms with E-state index in [4.69, 9.17) is 0 Å². The normalized spacial score (nSPS) is 11.9. The summed E-state index contributed by atoms with van der Waals surface area (Å²) in [6, 6.07) is 0.147. The molecule has 1 amide bonds. The SMILES string of the molecule is CCN(C(=O)C(C)(C)O)C(C)C. The van der Waals surface area contributed by atoms with Crippen molar-refractivity contribution < 1.29 is 9.90 Å². The number of aliphatic hydroxyl groups is 1. The molecule has 12 heavy (non-hydrogen) atoms. The molecule has 3 heteroatoms. The third kappa shape index (κ3) is 2.81. The van der Waals surface area contributed by atoms with Crippen LogP contribution in [-0.4, -0.2) is 34.1 Å². The minimum Gasteiger partial charge on any atom is -0.381 e. The third-order valence-corrected chi connectivity index (χ3v) is 1.75. The average Bonchev–Trinajstić information content (AvgIpc) is 1.86. The van der Waals surface area contributed by atoms with Gasteiger partial charge < -0.3 is 10.0 Å². The van der Waals surface area contributed by atoms with Gasteiger partial charge in [-0.1, -0.05) is 0 Å². The Morgan fingerprint density at radius 3 is 2.00 bits per heavy atom. The number of nitrogens with zero attached hydrogens (tertiary/aromatic N) is 1. The molecular formula is C9H19NO2. The Morgan fingerprint density at radius 1 is 1.50 bits per heavy atom. The Kier molecular flexibility index (Phi) is 3.71. The molecule has 3 nitrogen and oxygen atoms in total. The van der Waals surface area contributed by atoms with Crippen molar-refractivity contribution in [1.82, 2.24) is 4.90 Å². The summed E-state index contributed by atoms with van der Waals surface area (Å²) >= 11 is 0. The van der Waals surface area contributed by atoms with Crippen LogP contribution in [0, 0.1) is 0 Å². The molecule has 72 valence electrons. The minimum absolute atomic E-state index is 0.147. The number of carbonyl (C=O) groups excluding carboxylic acids is 1. The van der Waals surface area contributed by atoms with Gasteiger partial charge in [0, 0.05) is 12.6 Å². The lowest BCUT2D eigenvalue weighted by Crippen LogP contribution is -2.48. The Bertz CT molecular complexity index is 158. The van der Waals surface area contributed by atoms with Crippen LogP contribution in [0.5, 0.6) is 0 Å². The van der Waals surface area contributed by atoms with Crippen LogP contribution >= 0.6 is 0 Å². The van der Waals surface area contributed by atoms with Crippen molar-refractivity contribution in [3.63, 3.8) is 0 Å². The summed E-state index contributed by atoms with van der Waals surface area (Å²) in [6.07, 6.45) is 0. The second-order valence-electron chi connectivity index (χ2n) is 3.74. The van der Waals surface area contributed by atoms with Gasteiger partial charge in [-0.15, -0.1) is 0 Å². The molecule has 0 aliphatic rings. The average molecular weight is 173 g/mol. The van der Waals surface area contributed by atoms with Gasteiger partial charge in [0.05, 0.1) is 0 Å². The van der Waals surface area contributed by atoms with E-state index < -0.39 is 5.60 Å². The fourth-order valence-electron chi connectivity index (χ4n) is 1.09. The van der Waals surface area contributed by atoms with Crippen LogP contribution in [0.15, 0.2) is 0 Å². The van der Waals surface area contributed by atoms with Crippen LogP contribution < -0.4 is 0 Å². The summed E-state index contributed by atoms with van der Waals surface area (Å²) < 4.78 is 0. The molecule has 0 saturated carbocycles. The molecular weight excluding hydrogens is 154 g/mol. The minimum atomic E-state index is -1.25. The molecule has 0 aromatic rings. The van der Waals surface area contributed by atoms with Gasteiger partial charge >= 0.3 is 0 Å². The first kappa shape index (κ1) is 11.4. The van der Waals surface area contributed by atoms with E-state index in [0.717, 1.165) is 0 Å². The molecule has 0 radical (unpaired) electrons. The standard InChI is InChI=1S/C9H19NO2/c1-6-10(7(2)3)8(11)9(4,5)12/h7,12H,6H2,1-5H3. The van der Waals surface area contributed by atoms with Gasteiger partial charge in [-0.3, -0.25) is 4.79 Å². The topological polar surface area (TPSA) is 40.5 Å². The van der Waals surface area contributed by atoms with Gasteiger partial charge in [0.15, 0.2) is 0 Å². The highest BCUT2D eigenvalue weighted by molar-refractivity contribution is 5.84. The molecule has 1 N–H and O–H groups in total. The summed E-state index contributed by atoms with van der Waals surface area (Å²) in [5, 5.41) is 9.45. The van der Waals surface area contributed by atoms with Crippen LogP contribution in [-0.2, 0) is 4.79 Å². The highest BCUT2D eigenvalue weighted by atomic mass is 16.3. The largest absolute Gasteiger partial charge is 0.381 e. The Morgan fingerprint density at radius 2 is 1.92 bits per heavy atom. The summed E-state index contributed by atoms with van der Waals surface area (Å²) in [5.41, 5.74) is -1.25. The van der Waals surface area contributed by atoms with E-state index in [1.54, 1.807) is 4.90 Å². The molecule has 0 saturated heterocycles. The first-order valence-electron chi connectivity index (χ1n) is 4.34. The van der Waals surface area contributed by atoms with E-state index in [-0.39, 0.29) is 11.9 Å². The zero-order chi connectivity index (χ0) is 9.94. The van der Waals surface area contributed by atoms with E-state index in [1.807, 2.05) is 20.8 Å². The van der Waals surface area contributed by atoms with Gasteiger partial charge in [-0.05, 0) is 34.6 Å². The lowest BCUT2D eigenvalue weighted by atomic mass is 10.1. The lowest BCUT2D eigenvalue weighted by molar-refractivity contribution is -0.149. The maximum absolute atomic E-state index is 11.5. The van der Waals surface area contributed by atoms with E-state index in [1.165, 1.54) is 13.8 Å². The maximum Gasteiger partial charge on any atom is 0.254 e. The first-order chi connectivity index (χ1) is 5.30. The van der Waals surface area contributed by atoms with Crippen LogP contribution in [0.2, 0.25) is 0 Å². The zero-order valence-corrected chi connectivity index (χ0v) is 8.59. The van der Waals surface area contributed by atoms with Crippen molar-refractivity contribution in [2.45, 2.75) is 46.3 Å². The predicted octanol–water partition coefficient (Wildman–Crippen LogP) is 1.01. The molecule has 0 rings (SSSR count). The van der Waals surface area contributed by atoms with E-state index in [0.29, 0.717) is 6.54 Å². The van der Waals surface area contributed by atoms with Gasteiger partial charge in [0.2, 0.25) is 0 Å². The van der Waals surface area contributed by atoms with Crippen molar-refractivity contribution >= 4 is 5.91 Å². The van der Waals surface area contributed by atoms with Crippen molar-refractivity contribution in [1.29, 1.82) is 0 Å². The van der Waals surface area contributed by atoms with Crippen LogP contribution in [0.4, 0.5) is 0 Å². The fraction of sp³-hybridized carbons (Fsp3) is 0.889. The lowest BCUT2D eigenvalue weighted by Gasteiger charge is -2.30.